The summed E-state index contributed by atoms with van der Waals surface area (Å²) in [6.45, 7) is 4.02. The fourth-order valence-electron chi connectivity index (χ4n) is 2.11. The number of halogens is 1. The SMILES string of the molecule is COc1ccc(C(=O)c2ccc(C)c(C)c2)c(OC)c1Br. The molecule has 0 aliphatic carbocycles. The van der Waals surface area contributed by atoms with E-state index in [9.17, 15) is 4.79 Å². The van der Waals surface area contributed by atoms with E-state index in [1.54, 1.807) is 19.2 Å². The molecule has 0 saturated heterocycles. The molecule has 0 radical (unpaired) electrons. The largest absolute Gasteiger partial charge is 0.495 e. The van der Waals surface area contributed by atoms with Crippen molar-refractivity contribution in [2.75, 3.05) is 14.2 Å². The zero-order valence-electron chi connectivity index (χ0n) is 12.5. The molecule has 2 aromatic rings. The Morgan fingerprint density at radius 3 is 2.29 bits per heavy atom. The minimum Gasteiger partial charge on any atom is -0.495 e. The standard InChI is InChI=1S/C17H17BrO3/c1-10-5-6-12(9-11(10)2)16(19)13-7-8-14(20-3)15(18)17(13)21-4/h5-9H,1-4H3. The van der Waals surface area contributed by atoms with Crippen LogP contribution in [0.25, 0.3) is 0 Å². The van der Waals surface area contributed by atoms with Gasteiger partial charge in [0.25, 0.3) is 0 Å². The molecular weight excluding hydrogens is 332 g/mol. The molecular formula is C17H17BrO3. The van der Waals surface area contributed by atoms with E-state index in [1.165, 1.54) is 7.11 Å². The Hall–Kier alpha value is -1.81. The molecule has 21 heavy (non-hydrogen) atoms. The Morgan fingerprint density at radius 1 is 1.00 bits per heavy atom. The molecule has 0 bridgehead atoms. The lowest BCUT2D eigenvalue weighted by atomic mass is 9.98. The first-order valence-corrected chi connectivity index (χ1v) is 7.31. The summed E-state index contributed by atoms with van der Waals surface area (Å²) in [6.07, 6.45) is 0. The maximum absolute atomic E-state index is 12.7. The van der Waals surface area contributed by atoms with Crippen molar-refractivity contribution in [3.05, 3.63) is 57.1 Å². The van der Waals surface area contributed by atoms with Crippen LogP contribution in [0.4, 0.5) is 0 Å². The quantitative estimate of drug-likeness (QED) is 0.772. The molecule has 0 aliphatic rings. The van der Waals surface area contributed by atoms with Crippen LogP contribution in [0, 0.1) is 13.8 Å². The lowest BCUT2D eigenvalue weighted by Crippen LogP contribution is -2.05. The minimum absolute atomic E-state index is 0.0710. The van der Waals surface area contributed by atoms with Crippen LogP contribution < -0.4 is 9.47 Å². The molecule has 0 atom stereocenters. The van der Waals surface area contributed by atoms with Gasteiger partial charge in [-0.2, -0.15) is 0 Å². The zero-order valence-corrected chi connectivity index (χ0v) is 14.1. The first kappa shape index (κ1) is 15.6. The summed E-state index contributed by atoms with van der Waals surface area (Å²) >= 11 is 3.42. The third kappa shape index (κ3) is 2.95. The highest BCUT2D eigenvalue weighted by molar-refractivity contribution is 9.10. The highest BCUT2D eigenvalue weighted by atomic mass is 79.9. The monoisotopic (exact) mass is 348 g/mol. The van der Waals surface area contributed by atoms with Crippen LogP contribution in [0.2, 0.25) is 0 Å². The Morgan fingerprint density at radius 2 is 1.71 bits per heavy atom. The Kier molecular flexibility index (Phi) is 4.68. The number of carbonyl (C=O) groups is 1. The van der Waals surface area contributed by atoms with E-state index in [-0.39, 0.29) is 5.78 Å². The first-order chi connectivity index (χ1) is 9.99. The fraction of sp³-hybridized carbons (Fsp3) is 0.235. The topological polar surface area (TPSA) is 35.5 Å². The number of rotatable bonds is 4. The van der Waals surface area contributed by atoms with E-state index in [4.69, 9.17) is 9.47 Å². The van der Waals surface area contributed by atoms with Gasteiger partial charge in [-0.25, -0.2) is 0 Å². The highest BCUT2D eigenvalue weighted by Crippen LogP contribution is 2.38. The lowest BCUT2D eigenvalue weighted by molar-refractivity contribution is 0.103. The van der Waals surface area contributed by atoms with Crippen LogP contribution in [0.1, 0.15) is 27.0 Å². The number of aryl methyl sites for hydroxylation is 2. The summed E-state index contributed by atoms with van der Waals surface area (Å²) in [5.74, 6) is 1.04. The van der Waals surface area contributed by atoms with Crippen LogP contribution in [-0.2, 0) is 0 Å². The molecule has 4 heteroatoms. The van der Waals surface area contributed by atoms with E-state index >= 15 is 0 Å². The summed E-state index contributed by atoms with van der Waals surface area (Å²) in [7, 11) is 3.11. The number of methoxy groups -OCH3 is 2. The van der Waals surface area contributed by atoms with E-state index in [1.807, 2.05) is 32.0 Å². The van der Waals surface area contributed by atoms with Gasteiger partial charge in [0.2, 0.25) is 0 Å². The van der Waals surface area contributed by atoms with Crippen molar-refractivity contribution in [1.29, 1.82) is 0 Å². The van der Waals surface area contributed by atoms with Gasteiger partial charge in [0.05, 0.1) is 19.8 Å². The van der Waals surface area contributed by atoms with Gasteiger partial charge in [0, 0.05) is 5.56 Å². The smallest absolute Gasteiger partial charge is 0.196 e. The maximum Gasteiger partial charge on any atom is 0.196 e. The molecule has 110 valence electrons. The number of hydrogen-bond acceptors (Lipinski definition) is 3. The lowest BCUT2D eigenvalue weighted by Gasteiger charge is -2.13. The van der Waals surface area contributed by atoms with Crippen LogP contribution in [0.15, 0.2) is 34.8 Å². The number of ketones is 1. The van der Waals surface area contributed by atoms with Crippen molar-refractivity contribution in [2.45, 2.75) is 13.8 Å². The van der Waals surface area contributed by atoms with E-state index < -0.39 is 0 Å². The summed E-state index contributed by atoms with van der Waals surface area (Å²) < 4.78 is 11.2. The minimum atomic E-state index is -0.0710. The van der Waals surface area contributed by atoms with Gasteiger partial charge in [-0.1, -0.05) is 12.1 Å². The third-order valence-corrected chi connectivity index (χ3v) is 4.25. The Bertz CT molecular complexity index is 693. The van der Waals surface area contributed by atoms with Gasteiger partial charge < -0.3 is 9.47 Å². The number of benzene rings is 2. The molecule has 0 heterocycles. The molecule has 0 fully saturated rings. The number of carbonyl (C=O) groups excluding carboxylic acids is 1. The molecule has 3 nitrogen and oxygen atoms in total. The summed E-state index contributed by atoms with van der Waals surface area (Å²) in [6, 6.07) is 9.16. The average molecular weight is 349 g/mol. The second-order valence-electron chi connectivity index (χ2n) is 4.79. The van der Waals surface area contributed by atoms with Crippen molar-refractivity contribution < 1.29 is 14.3 Å². The van der Waals surface area contributed by atoms with E-state index in [0.29, 0.717) is 27.1 Å². The van der Waals surface area contributed by atoms with Crippen LogP contribution in [0.3, 0.4) is 0 Å². The number of hydrogen-bond donors (Lipinski definition) is 0. The molecule has 2 aromatic carbocycles. The summed E-state index contributed by atoms with van der Waals surface area (Å²) in [5, 5.41) is 0. The van der Waals surface area contributed by atoms with Gasteiger partial charge in [0.1, 0.15) is 16.0 Å². The van der Waals surface area contributed by atoms with Crippen LogP contribution >= 0.6 is 15.9 Å². The van der Waals surface area contributed by atoms with E-state index in [2.05, 4.69) is 15.9 Å². The summed E-state index contributed by atoms with van der Waals surface area (Å²) in [4.78, 5) is 12.7. The predicted octanol–water partition coefficient (Wildman–Crippen LogP) is 4.31. The van der Waals surface area contributed by atoms with Crippen LogP contribution in [-0.4, -0.2) is 20.0 Å². The van der Waals surface area contributed by atoms with Gasteiger partial charge in [-0.15, -0.1) is 0 Å². The Balaban J connectivity index is 2.52. The van der Waals surface area contributed by atoms with Crippen molar-refractivity contribution in [2.24, 2.45) is 0 Å². The fourth-order valence-corrected chi connectivity index (χ4v) is 2.78. The van der Waals surface area contributed by atoms with Gasteiger partial charge >= 0.3 is 0 Å². The molecule has 0 spiro atoms. The van der Waals surface area contributed by atoms with Crippen molar-refractivity contribution >= 4 is 21.7 Å². The van der Waals surface area contributed by atoms with Gasteiger partial charge in [-0.3, -0.25) is 4.79 Å². The maximum atomic E-state index is 12.7. The van der Waals surface area contributed by atoms with Crippen molar-refractivity contribution in [3.8, 4) is 11.5 Å². The third-order valence-electron chi connectivity index (χ3n) is 3.50. The molecule has 0 unspecified atom stereocenters. The molecule has 0 aromatic heterocycles. The second kappa shape index (κ2) is 6.31. The normalized spacial score (nSPS) is 10.3. The van der Waals surface area contributed by atoms with Gasteiger partial charge in [0.15, 0.2) is 5.78 Å². The molecule has 0 saturated carbocycles. The second-order valence-corrected chi connectivity index (χ2v) is 5.58. The van der Waals surface area contributed by atoms with Gasteiger partial charge in [-0.05, 0) is 59.1 Å². The molecule has 0 aliphatic heterocycles. The number of ether oxygens (including phenoxy) is 2. The predicted molar refractivity (Wildman–Crippen MR) is 86.6 cm³/mol. The molecule has 0 N–H and O–H groups in total. The Labute approximate surface area is 133 Å². The van der Waals surface area contributed by atoms with Crippen molar-refractivity contribution in [1.82, 2.24) is 0 Å². The van der Waals surface area contributed by atoms with Crippen LogP contribution in [0.5, 0.6) is 11.5 Å². The molecule has 2 rings (SSSR count). The zero-order chi connectivity index (χ0) is 15.6. The van der Waals surface area contributed by atoms with Crippen molar-refractivity contribution in [3.63, 3.8) is 0 Å². The molecule has 0 amide bonds. The van der Waals surface area contributed by atoms with E-state index in [0.717, 1.165) is 11.1 Å². The highest BCUT2D eigenvalue weighted by Gasteiger charge is 2.19. The average Bonchev–Trinajstić information content (AvgIpc) is 2.49. The first-order valence-electron chi connectivity index (χ1n) is 6.52. The summed E-state index contributed by atoms with van der Waals surface area (Å²) in [5.41, 5.74) is 3.41.